The van der Waals surface area contributed by atoms with Gasteiger partial charge in [0.05, 0.1) is 6.54 Å². The largest absolute Gasteiger partial charge is 0.355 e. The molecule has 0 saturated heterocycles. The quantitative estimate of drug-likeness (QED) is 0.764. The number of nitrogens with zero attached hydrogens (tertiary/aromatic N) is 2. The summed E-state index contributed by atoms with van der Waals surface area (Å²) in [7, 11) is 0. The Balaban J connectivity index is 2.39. The third-order valence-electron chi connectivity index (χ3n) is 0.935. The monoisotopic (exact) mass is 179 g/mol. The highest BCUT2D eigenvalue weighted by Crippen LogP contribution is 2.09. The Hall–Kier alpha value is -0.780. The molecule has 1 heterocycles. The van der Waals surface area contributed by atoms with Crippen molar-refractivity contribution >= 4 is 16.7 Å². The highest BCUT2D eigenvalue weighted by molar-refractivity contribution is 7.09. The van der Waals surface area contributed by atoms with Crippen molar-refractivity contribution in [1.82, 2.24) is 9.36 Å². The second kappa shape index (κ2) is 3.56. The molecule has 1 rings (SSSR count). The predicted molar refractivity (Wildman–Crippen MR) is 39.1 cm³/mol. The van der Waals surface area contributed by atoms with E-state index in [0.717, 1.165) is 11.5 Å². The Morgan fingerprint density at radius 2 is 2.36 bits per heavy atom. The maximum Gasteiger partial charge on any atom is 0.255 e. The number of halogens is 2. The van der Waals surface area contributed by atoms with E-state index < -0.39 is 6.43 Å². The van der Waals surface area contributed by atoms with Gasteiger partial charge in [-0.25, -0.2) is 13.8 Å². The summed E-state index contributed by atoms with van der Waals surface area (Å²) in [5, 5.41) is 2.91. The van der Waals surface area contributed by atoms with Crippen molar-refractivity contribution in [2.45, 2.75) is 13.3 Å². The van der Waals surface area contributed by atoms with Crippen LogP contribution in [0.25, 0.3) is 0 Å². The van der Waals surface area contributed by atoms with Crippen LogP contribution in [0, 0.1) is 6.92 Å². The maximum absolute atomic E-state index is 11.6. The van der Waals surface area contributed by atoms with E-state index in [1.807, 2.05) is 0 Å². The number of alkyl halides is 2. The van der Waals surface area contributed by atoms with Gasteiger partial charge in [-0.2, -0.15) is 4.37 Å². The molecule has 0 atom stereocenters. The average Bonchev–Trinajstić information content (AvgIpc) is 2.31. The van der Waals surface area contributed by atoms with Gasteiger partial charge in [0.25, 0.3) is 6.43 Å². The molecule has 0 aliphatic rings. The zero-order chi connectivity index (χ0) is 8.27. The molecule has 6 heteroatoms. The van der Waals surface area contributed by atoms with Crippen molar-refractivity contribution in [3.63, 3.8) is 0 Å². The summed E-state index contributed by atoms with van der Waals surface area (Å²) < 4.78 is 27.1. The van der Waals surface area contributed by atoms with Gasteiger partial charge in [-0.15, -0.1) is 0 Å². The molecule has 0 saturated carbocycles. The first-order valence-electron chi connectivity index (χ1n) is 3.01. The van der Waals surface area contributed by atoms with E-state index in [0.29, 0.717) is 11.0 Å². The van der Waals surface area contributed by atoms with Gasteiger partial charge < -0.3 is 5.32 Å². The lowest BCUT2D eigenvalue weighted by atomic mass is 10.7. The zero-order valence-corrected chi connectivity index (χ0v) is 6.66. The SMILES string of the molecule is Cc1nsc(NCC(F)F)n1. The fourth-order valence-corrected chi connectivity index (χ4v) is 1.11. The van der Waals surface area contributed by atoms with Crippen molar-refractivity contribution in [3.05, 3.63) is 5.82 Å². The normalized spacial score (nSPS) is 10.5. The van der Waals surface area contributed by atoms with Crippen LogP contribution in [0.5, 0.6) is 0 Å². The first-order valence-corrected chi connectivity index (χ1v) is 3.78. The van der Waals surface area contributed by atoms with Crippen LogP contribution >= 0.6 is 11.5 Å². The highest BCUT2D eigenvalue weighted by Gasteiger charge is 2.03. The smallest absolute Gasteiger partial charge is 0.255 e. The van der Waals surface area contributed by atoms with Gasteiger partial charge in [-0.3, -0.25) is 0 Å². The molecule has 0 fully saturated rings. The summed E-state index contributed by atoms with van der Waals surface area (Å²) >= 11 is 1.09. The topological polar surface area (TPSA) is 37.8 Å². The van der Waals surface area contributed by atoms with E-state index in [4.69, 9.17) is 0 Å². The molecule has 0 aliphatic heterocycles. The molecule has 0 spiro atoms. The van der Waals surface area contributed by atoms with E-state index in [1.54, 1.807) is 6.92 Å². The first-order chi connectivity index (χ1) is 5.18. The minimum atomic E-state index is -2.35. The van der Waals surface area contributed by atoms with Gasteiger partial charge in [0, 0.05) is 11.5 Å². The van der Waals surface area contributed by atoms with Gasteiger partial charge in [0.15, 0.2) is 0 Å². The number of hydrogen-bond donors (Lipinski definition) is 1. The third kappa shape index (κ3) is 2.75. The molecule has 62 valence electrons. The standard InChI is InChI=1S/C5H7F2N3S/c1-3-9-5(11-10-3)8-2-4(6)7/h4H,2H2,1H3,(H,8,9,10). The van der Waals surface area contributed by atoms with Crippen LogP contribution in [0.4, 0.5) is 13.9 Å². The van der Waals surface area contributed by atoms with E-state index in [2.05, 4.69) is 14.7 Å². The molecular weight excluding hydrogens is 172 g/mol. The summed E-state index contributed by atoms with van der Waals surface area (Å²) in [6.07, 6.45) is -2.35. The Bertz CT molecular complexity index is 225. The van der Waals surface area contributed by atoms with Crippen LogP contribution in [-0.2, 0) is 0 Å². The molecule has 0 bridgehead atoms. The highest BCUT2D eigenvalue weighted by atomic mass is 32.1. The number of aryl methyl sites for hydroxylation is 1. The van der Waals surface area contributed by atoms with Gasteiger partial charge >= 0.3 is 0 Å². The molecule has 1 N–H and O–H groups in total. The second-order valence-corrected chi connectivity index (χ2v) is 2.67. The second-order valence-electron chi connectivity index (χ2n) is 1.92. The molecule has 0 radical (unpaired) electrons. The van der Waals surface area contributed by atoms with Gasteiger partial charge in [-0.1, -0.05) is 0 Å². The average molecular weight is 179 g/mol. The summed E-state index contributed by atoms with van der Waals surface area (Å²) in [5.74, 6) is 0.603. The molecule has 1 aromatic rings. The molecular formula is C5H7F2N3S. The lowest BCUT2D eigenvalue weighted by molar-refractivity contribution is 0.163. The maximum atomic E-state index is 11.6. The van der Waals surface area contributed by atoms with Crippen LogP contribution in [0.1, 0.15) is 5.82 Å². The minimum absolute atomic E-state index is 0.366. The third-order valence-corrected chi connectivity index (χ3v) is 1.70. The number of rotatable bonds is 3. The first kappa shape index (κ1) is 8.32. The fourth-order valence-electron chi connectivity index (χ4n) is 0.533. The minimum Gasteiger partial charge on any atom is -0.355 e. The number of nitrogens with one attached hydrogen (secondary N) is 1. The van der Waals surface area contributed by atoms with Crippen LogP contribution in [0.2, 0.25) is 0 Å². The van der Waals surface area contributed by atoms with E-state index in [-0.39, 0.29) is 6.54 Å². The van der Waals surface area contributed by atoms with Gasteiger partial charge in [-0.05, 0) is 6.92 Å². The Morgan fingerprint density at radius 1 is 1.64 bits per heavy atom. The Kier molecular flexibility index (Phi) is 2.70. The summed E-state index contributed by atoms with van der Waals surface area (Å²) in [4.78, 5) is 3.85. The Morgan fingerprint density at radius 3 is 2.82 bits per heavy atom. The van der Waals surface area contributed by atoms with Gasteiger partial charge in [0.2, 0.25) is 5.13 Å². The van der Waals surface area contributed by atoms with Gasteiger partial charge in [0.1, 0.15) is 5.82 Å². The lowest BCUT2D eigenvalue weighted by Gasteiger charge is -1.97. The lowest BCUT2D eigenvalue weighted by Crippen LogP contribution is -2.09. The molecule has 0 amide bonds. The van der Waals surface area contributed by atoms with Crippen molar-refractivity contribution in [3.8, 4) is 0 Å². The van der Waals surface area contributed by atoms with Crippen molar-refractivity contribution in [2.24, 2.45) is 0 Å². The zero-order valence-electron chi connectivity index (χ0n) is 5.84. The molecule has 0 aromatic carbocycles. The molecule has 0 unspecified atom stereocenters. The number of aromatic nitrogens is 2. The van der Waals surface area contributed by atoms with E-state index in [1.165, 1.54) is 0 Å². The summed E-state index contributed by atoms with van der Waals surface area (Å²) in [6, 6.07) is 0. The molecule has 0 aliphatic carbocycles. The van der Waals surface area contributed by atoms with E-state index in [9.17, 15) is 8.78 Å². The van der Waals surface area contributed by atoms with E-state index >= 15 is 0 Å². The Labute approximate surface area is 66.6 Å². The summed E-state index contributed by atoms with van der Waals surface area (Å²) in [6.45, 7) is 1.35. The van der Waals surface area contributed by atoms with Crippen LogP contribution in [-0.4, -0.2) is 22.3 Å². The number of hydrogen-bond acceptors (Lipinski definition) is 4. The number of anilines is 1. The molecule has 11 heavy (non-hydrogen) atoms. The van der Waals surface area contributed by atoms with Crippen LogP contribution in [0.3, 0.4) is 0 Å². The van der Waals surface area contributed by atoms with Crippen molar-refractivity contribution in [1.29, 1.82) is 0 Å². The fraction of sp³-hybridized carbons (Fsp3) is 0.600. The van der Waals surface area contributed by atoms with Crippen LogP contribution in [0.15, 0.2) is 0 Å². The molecule has 3 nitrogen and oxygen atoms in total. The summed E-state index contributed by atoms with van der Waals surface area (Å²) in [5.41, 5.74) is 0. The van der Waals surface area contributed by atoms with Crippen LogP contribution < -0.4 is 5.32 Å². The predicted octanol–water partition coefficient (Wildman–Crippen LogP) is 1.52. The molecule has 1 aromatic heterocycles. The van der Waals surface area contributed by atoms with Crippen molar-refractivity contribution in [2.75, 3.05) is 11.9 Å². The van der Waals surface area contributed by atoms with Crippen molar-refractivity contribution < 1.29 is 8.78 Å².